The fourth-order valence-corrected chi connectivity index (χ4v) is 3.08. The van der Waals surface area contributed by atoms with Crippen LogP contribution in [0.3, 0.4) is 0 Å². The number of nitrogens with one attached hydrogen (secondary N) is 1. The maximum atomic E-state index is 13.1. The number of benzene rings is 1. The summed E-state index contributed by atoms with van der Waals surface area (Å²) in [6.07, 6.45) is 2.33. The Morgan fingerprint density at radius 2 is 2.05 bits per heavy atom. The first-order chi connectivity index (χ1) is 9.92. The highest BCUT2D eigenvalue weighted by Gasteiger charge is 2.27. The van der Waals surface area contributed by atoms with E-state index in [2.05, 4.69) is 11.4 Å². The van der Waals surface area contributed by atoms with Gasteiger partial charge in [0, 0.05) is 10.9 Å². The minimum Gasteiger partial charge on any atom is -0.297 e. The summed E-state index contributed by atoms with van der Waals surface area (Å²) in [6.45, 7) is 6.05. The van der Waals surface area contributed by atoms with E-state index in [0.717, 1.165) is 31.1 Å². The maximum absolute atomic E-state index is 13.1. The van der Waals surface area contributed by atoms with Crippen molar-refractivity contribution >= 4 is 11.8 Å². The lowest BCUT2D eigenvalue weighted by molar-refractivity contribution is 0.341. The fourth-order valence-electron chi connectivity index (χ4n) is 2.20. The van der Waals surface area contributed by atoms with Crippen LogP contribution in [0.25, 0.3) is 0 Å². The Balaban J connectivity index is 2.48. The lowest BCUT2D eigenvalue weighted by atomic mass is 9.91. The molecular weight excluding hydrogens is 290 g/mol. The lowest BCUT2D eigenvalue weighted by Crippen LogP contribution is -2.47. The second-order valence-electron chi connectivity index (χ2n) is 5.37. The number of hydrogen-bond donors (Lipinski definition) is 1. The van der Waals surface area contributed by atoms with Crippen molar-refractivity contribution in [2.45, 2.75) is 56.5 Å². The normalized spacial score (nSPS) is 14.0. The van der Waals surface area contributed by atoms with Gasteiger partial charge in [-0.3, -0.25) is 5.32 Å². The van der Waals surface area contributed by atoms with Crippen molar-refractivity contribution in [3.8, 4) is 6.07 Å². The van der Waals surface area contributed by atoms with E-state index in [0.29, 0.717) is 4.90 Å². The predicted molar refractivity (Wildman–Crippen MR) is 83.2 cm³/mol. The Kier molecular flexibility index (Phi) is 7.13. The lowest BCUT2D eigenvalue weighted by Gasteiger charge is -2.29. The summed E-state index contributed by atoms with van der Waals surface area (Å²) in [5.41, 5.74) is -0.497. The summed E-state index contributed by atoms with van der Waals surface area (Å²) in [7, 11) is 0. The van der Waals surface area contributed by atoms with Crippen molar-refractivity contribution in [3.63, 3.8) is 0 Å². The van der Waals surface area contributed by atoms with E-state index < -0.39 is 17.2 Å². The molecule has 0 spiro atoms. The van der Waals surface area contributed by atoms with Crippen LogP contribution >= 0.6 is 11.8 Å². The van der Waals surface area contributed by atoms with Gasteiger partial charge in [0.2, 0.25) is 0 Å². The molecule has 21 heavy (non-hydrogen) atoms. The van der Waals surface area contributed by atoms with E-state index in [1.807, 2.05) is 20.8 Å². The monoisotopic (exact) mass is 312 g/mol. The molecule has 0 saturated heterocycles. The van der Waals surface area contributed by atoms with Crippen LogP contribution in [0.2, 0.25) is 0 Å². The third kappa shape index (κ3) is 5.64. The molecule has 1 rings (SSSR count). The molecule has 0 aliphatic carbocycles. The van der Waals surface area contributed by atoms with Gasteiger partial charge < -0.3 is 0 Å². The number of halogens is 2. The smallest absolute Gasteiger partial charge is 0.159 e. The van der Waals surface area contributed by atoms with Crippen molar-refractivity contribution in [3.05, 3.63) is 29.8 Å². The van der Waals surface area contributed by atoms with Crippen LogP contribution in [0.4, 0.5) is 8.78 Å². The number of hydrogen-bond acceptors (Lipinski definition) is 3. The fraction of sp³-hybridized carbons (Fsp3) is 0.562. The van der Waals surface area contributed by atoms with Crippen LogP contribution in [0.1, 0.15) is 40.0 Å². The van der Waals surface area contributed by atoms with Crippen molar-refractivity contribution < 1.29 is 8.78 Å². The highest BCUT2D eigenvalue weighted by molar-refractivity contribution is 7.99. The molecule has 1 unspecified atom stereocenters. The second-order valence-corrected chi connectivity index (χ2v) is 6.54. The molecule has 5 heteroatoms. The Labute approximate surface area is 129 Å². The maximum Gasteiger partial charge on any atom is 0.159 e. The van der Waals surface area contributed by atoms with Gasteiger partial charge in [0.15, 0.2) is 11.6 Å². The number of rotatable bonds is 8. The molecule has 2 nitrogen and oxygen atoms in total. The quantitative estimate of drug-likeness (QED) is 0.567. The molecule has 1 N–H and O–H groups in total. The molecule has 0 radical (unpaired) electrons. The molecule has 0 aromatic heterocycles. The van der Waals surface area contributed by atoms with Crippen molar-refractivity contribution in [2.24, 2.45) is 0 Å². The van der Waals surface area contributed by atoms with Crippen molar-refractivity contribution in [1.29, 1.82) is 5.26 Å². The Bertz CT molecular complexity index is 500. The van der Waals surface area contributed by atoms with Crippen LogP contribution in [-0.4, -0.2) is 17.3 Å². The Morgan fingerprint density at radius 1 is 1.33 bits per heavy atom. The molecule has 0 aliphatic rings. The average Bonchev–Trinajstić information content (AvgIpc) is 2.45. The largest absolute Gasteiger partial charge is 0.297 e. The van der Waals surface area contributed by atoms with Gasteiger partial charge in [-0.2, -0.15) is 5.26 Å². The zero-order valence-electron chi connectivity index (χ0n) is 12.7. The molecule has 0 aliphatic heterocycles. The number of nitriles is 1. The van der Waals surface area contributed by atoms with Crippen LogP contribution in [-0.2, 0) is 0 Å². The second kappa shape index (κ2) is 8.35. The zero-order chi connectivity index (χ0) is 15.9. The molecule has 0 saturated carbocycles. The van der Waals surface area contributed by atoms with E-state index in [1.54, 1.807) is 6.07 Å². The van der Waals surface area contributed by atoms with Gasteiger partial charge in [0.05, 0.1) is 6.07 Å². The first-order valence-electron chi connectivity index (χ1n) is 7.19. The SMILES string of the molecule is CCC(C#N)(CCCSc1ccc(F)c(F)c1)NC(C)C. The van der Waals surface area contributed by atoms with Gasteiger partial charge in [0.1, 0.15) is 5.54 Å². The predicted octanol–water partition coefficient (Wildman–Crippen LogP) is 4.51. The molecule has 1 aromatic rings. The third-order valence-corrected chi connectivity index (χ3v) is 4.37. The van der Waals surface area contributed by atoms with Gasteiger partial charge >= 0.3 is 0 Å². The van der Waals surface area contributed by atoms with Gasteiger partial charge in [-0.1, -0.05) is 6.92 Å². The minimum absolute atomic E-state index is 0.253. The summed E-state index contributed by atoms with van der Waals surface area (Å²) in [5, 5.41) is 12.7. The van der Waals surface area contributed by atoms with Crippen LogP contribution < -0.4 is 5.32 Å². The molecule has 0 bridgehead atoms. The zero-order valence-corrected chi connectivity index (χ0v) is 13.6. The summed E-state index contributed by atoms with van der Waals surface area (Å²) >= 11 is 1.48. The number of nitrogens with zero attached hydrogens (tertiary/aromatic N) is 1. The topological polar surface area (TPSA) is 35.8 Å². The first-order valence-corrected chi connectivity index (χ1v) is 8.18. The van der Waals surface area contributed by atoms with Gasteiger partial charge in [0.25, 0.3) is 0 Å². The van der Waals surface area contributed by atoms with E-state index in [4.69, 9.17) is 0 Å². The van der Waals surface area contributed by atoms with E-state index >= 15 is 0 Å². The van der Waals surface area contributed by atoms with Gasteiger partial charge in [-0.05, 0) is 57.1 Å². The van der Waals surface area contributed by atoms with Crippen molar-refractivity contribution in [1.82, 2.24) is 5.32 Å². The van der Waals surface area contributed by atoms with Gasteiger partial charge in [-0.15, -0.1) is 11.8 Å². The van der Waals surface area contributed by atoms with E-state index in [9.17, 15) is 14.0 Å². The minimum atomic E-state index is -0.824. The molecule has 0 heterocycles. The Morgan fingerprint density at radius 3 is 2.57 bits per heavy atom. The summed E-state index contributed by atoms with van der Waals surface area (Å²) in [5.74, 6) is -0.870. The first kappa shape index (κ1) is 17.9. The number of thioether (sulfide) groups is 1. The summed E-state index contributed by atoms with van der Waals surface area (Å²) in [4.78, 5) is 0.713. The van der Waals surface area contributed by atoms with E-state index in [-0.39, 0.29) is 6.04 Å². The van der Waals surface area contributed by atoms with Crippen LogP contribution in [0, 0.1) is 23.0 Å². The summed E-state index contributed by atoms with van der Waals surface area (Å²) < 4.78 is 25.9. The molecule has 0 amide bonds. The highest BCUT2D eigenvalue weighted by Crippen LogP contribution is 2.24. The average molecular weight is 312 g/mol. The molecular formula is C16H22F2N2S. The van der Waals surface area contributed by atoms with E-state index in [1.165, 1.54) is 17.8 Å². The van der Waals surface area contributed by atoms with Crippen LogP contribution in [0.15, 0.2) is 23.1 Å². The third-order valence-electron chi connectivity index (χ3n) is 3.29. The van der Waals surface area contributed by atoms with Crippen LogP contribution in [0.5, 0.6) is 0 Å². The molecule has 116 valence electrons. The Hall–Kier alpha value is -1.12. The molecule has 1 atom stereocenters. The molecule has 0 fully saturated rings. The van der Waals surface area contributed by atoms with Gasteiger partial charge in [-0.25, -0.2) is 8.78 Å². The highest BCUT2D eigenvalue weighted by atomic mass is 32.2. The standard InChI is InChI=1S/C16H22F2N2S/c1-4-16(11-19,20-12(2)3)8-5-9-21-13-6-7-14(17)15(18)10-13/h6-7,10,12,20H,4-5,8-9H2,1-3H3. The van der Waals surface area contributed by atoms with Crippen molar-refractivity contribution in [2.75, 3.05) is 5.75 Å². The molecule has 1 aromatic carbocycles. The summed E-state index contributed by atoms with van der Waals surface area (Å²) in [6, 6.07) is 6.57.